The quantitative estimate of drug-likeness (QED) is 0.365. The van der Waals surface area contributed by atoms with Crippen molar-refractivity contribution in [2.24, 2.45) is 0 Å². The fourth-order valence-corrected chi connectivity index (χ4v) is 3.17. The summed E-state index contributed by atoms with van der Waals surface area (Å²) in [6.07, 6.45) is -11.4. The summed E-state index contributed by atoms with van der Waals surface area (Å²) in [6.45, 7) is 2.23. The molecule has 2 N–H and O–H groups in total. The van der Waals surface area contributed by atoms with Gasteiger partial charge in [-0.3, -0.25) is 33.5 Å². The second-order valence-corrected chi connectivity index (χ2v) is 7.03. The first kappa shape index (κ1) is 26.6. The maximum Gasteiger partial charge on any atom is 0.471 e. The highest BCUT2D eigenvalue weighted by Crippen LogP contribution is 2.32. The number of aromatic nitrogens is 2. The highest BCUT2D eigenvalue weighted by molar-refractivity contribution is 5.82. The molecule has 0 unspecified atom stereocenters. The number of hydrogen-bond donors (Lipinski definition) is 2. The van der Waals surface area contributed by atoms with E-state index in [0.29, 0.717) is 4.57 Å². The number of carbonyl (C=O) groups excluding carboxylic acids is 4. The Morgan fingerprint density at radius 1 is 1.06 bits per heavy atom. The van der Waals surface area contributed by atoms with Crippen LogP contribution in [-0.2, 0) is 38.1 Å². The number of aromatic amines is 1. The third-order valence-electron chi connectivity index (χ3n) is 4.40. The van der Waals surface area contributed by atoms with Crippen LogP contribution >= 0.6 is 0 Å². The minimum atomic E-state index is -5.40. The SMILES string of the molecule is CC(=O)OC[C@@H]1O[C@@H](n2ccc(=O)[nH]c2=O)[C@@H](NC(=O)C(F)(F)F)[C@@H](OC(C)=O)[C@@H]1OC(C)=O. The van der Waals surface area contributed by atoms with Gasteiger partial charge >= 0.3 is 35.7 Å². The normalized spacial score (nSPS) is 24.6. The summed E-state index contributed by atoms with van der Waals surface area (Å²) in [5.41, 5.74) is -2.00. The van der Waals surface area contributed by atoms with E-state index in [-0.39, 0.29) is 0 Å². The second kappa shape index (κ2) is 10.5. The van der Waals surface area contributed by atoms with Crippen LogP contribution < -0.4 is 16.6 Å². The van der Waals surface area contributed by atoms with E-state index in [0.717, 1.165) is 33.0 Å². The maximum absolute atomic E-state index is 13.0. The van der Waals surface area contributed by atoms with Crippen LogP contribution in [0.15, 0.2) is 21.9 Å². The van der Waals surface area contributed by atoms with E-state index in [1.165, 1.54) is 0 Å². The van der Waals surface area contributed by atoms with Crippen LogP contribution in [0.4, 0.5) is 13.2 Å². The molecule has 1 aromatic heterocycles. The van der Waals surface area contributed by atoms with Crippen molar-refractivity contribution >= 4 is 23.8 Å². The summed E-state index contributed by atoms with van der Waals surface area (Å²) >= 11 is 0. The smallest absolute Gasteiger partial charge is 0.463 e. The highest BCUT2D eigenvalue weighted by Gasteiger charge is 2.53. The van der Waals surface area contributed by atoms with Crippen molar-refractivity contribution in [1.82, 2.24) is 14.9 Å². The topological polar surface area (TPSA) is 172 Å². The predicted molar refractivity (Wildman–Crippen MR) is 101 cm³/mol. The molecular formula is C18H20F3N3O10. The minimum Gasteiger partial charge on any atom is -0.463 e. The minimum absolute atomic E-state index is 0.615. The summed E-state index contributed by atoms with van der Waals surface area (Å²) in [6, 6.07) is -1.12. The van der Waals surface area contributed by atoms with E-state index in [2.05, 4.69) is 0 Å². The van der Waals surface area contributed by atoms with Gasteiger partial charge in [-0.25, -0.2) is 4.79 Å². The molecule has 1 aliphatic heterocycles. The first-order chi connectivity index (χ1) is 15.7. The van der Waals surface area contributed by atoms with Gasteiger partial charge in [0.05, 0.1) is 0 Å². The van der Waals surface area contributed by atoms with Crippen LogP contribution in [0.1, 0.15) is 27.0 Å². The Morgan fingerprint density at radius 3 is 2.15 bits per heavy atom. The van der Waals surface area contributed by atoms with E-state index in [9.17, 15) is 41.9 Å². The molecule has 34 heavy (non-hydrogen) atoms. The second-order valence-electron chi connectivity index (χ2n) is 7.03. The molecular weight excluding hydrogens is 475 g/mol. The van der Waals surface area contributed by atoms with Crippen molar-refractivity contribution in [3.05, 3.63) is 33.1 Å². The number of halogens is 3. The highest BCUT2D eigenvalue weighted by atomic mass is 19.4. The number of rotatable bonds is 6. The first-order valence-corrected chi connectivity index (χ1v) is 9.53. The molecule has 0 spiro atoms. The van der Waals surface area contributed by atoms with E-state index in [4.69, 9.17) is 18.9 Å². The van der Waals surface area contributed by atoms with E-state index < -0.39 is 78.4 Å². The number of hydrogen-bond acceptors (Lipinski definition) is 10. The van der Waals surface area contributed by atoms with Crippen LogP contribution in [0.3, 0.4) is 0 Å². The molecule has 188 valence electrons. The molecule has 1 aromatic rings. The lowest BCUT2D eigenvalue weighted by Gasteiger charge is -2.45. The van der Waals surface area contributed by atoms with Gasteiger partial charge in [0.2, 0.25) is 0 Å². The van der Waals surface area contributed by atoms with Gasteiger partial charge < -0.3 is 24.3 Å². The molecule has 0 saturated carbocycles. The van der Waals surface area contributed by atoms with E-state index in [1.807, 2.05) is 4.98 Å². The molecule has 1 saturated heterocycles. The van der Waals surface area contributed by atoms with Crippen molar-refractivity contribution in [3.63, 3.8) is 0 Å². The van der Waals surface area contributed by atoms with Gasteiger partial charge in [-0.05, 0) is 0 Å². The molecule has 13 nitrogen and oxygen atoms in total. The fraction of sp³-hybridized carbons (Fsp3) is 0.556. The van der Waals surface area contributed by atoms with Crippen LogP contribution in [0.2, 0.25) is 0 Å². The average molecular weight is 495 g/mol. The molecule has 2 heterocycles. The Morgan fingerprint density at radius 2 is 1.65 bits per heavy atom. The molecule has 1 aliphatic rings. The van der Waals surface area contributed by atoms with Gasteiger partial charge in [0.1, 0.15) is 18.8 Å². The number of carbonyl (C=O) groups is 4. The Kier molecular flexibility index (Phi) is 8.20. The molecule has 1 amide bonds. The number of nitrogens with zero attached hydrogens (tertiary/aromatic N) is 1. The Bertz CT molecular complexity index is 1070. The third kappa shape index (κ3) is 6.66. The zero-order valence-corrected chi connectivity index (χ0v) is 17.9. The Balaban J connectivity index is 2.66. The number of ether oxygens (including phenoxy) is 4. The van der Waals surface area contributed by atoms with Crippen molar-refractivity contribution in [3.8, 4) is 0 Å². The molecule has 0 aromatic carbocycles. The van der Waals surface area contributed by atoms with Gasteiger partial charge in [-0.15, -0.1) is 0 Å². The zero-order valence-electron chi connectivity index (χ0n) is 17.9. The summed E-state index contributed by atoms with van der Waals surface area (Å²) in [7, 11) is 0. The van der Waals surface area contributed by atoms with Crippen molar-refractivity contribution in [1.29, 1.82) is 0 Å². The third-order valence-corrected chi connectivity index (χ3v) is 4.40. The predicted octanol–water partition coefficient (Wildman–Crippen LogP) is -1.09. The molecule has 0 aliphatic carbocycles. The zero-order chi connectivity index (χ0) is 25.8. The maximum atomic E-state index is 13.0. The van der Waals surface area contributed by atoms with E-state index >= 15 is 0 Å². The fourth-order valence-electron chi connectivity index (χ4n) is 3.17. The number of esters is 3. The number of amides is 1. The number of alkyl halides is 3. The van der Waals surface area contributed by atoms with Gasteiger partial charge in [0.25, 0.3) is 5.56 Å². The van der Waals surface area contributed by atoms with Crippen molar-refractivity contribution < 1.29 is 51.3 Å². The number of H-pyrrole nitrogens is 1. The molecule has 0 bridgehead atoms. The summed E-state index contributed by atoms with van der Waals surface area (Å²) in [5, 5.41) is 1.58. The molecule has 16 heteroatoms. The summed E-state index contributed by atoms with van der Waals surface area (Å²) in [5.74, 6) is -5.31. The monoisotopic (exact) mass is 495 g/mol. The lowest BCUT2D eigenvalue weighted by Crippen LogP contribution is -2.66. The van der Waals surface area contributed by atoms with Crippen LogP contribution in [-0.4, -0.2) is 70.5 Å². The Labute approximate surface area is 188 Å². The molecule has 0 radical (unpaired) electrons. The Hall–Kier alpha value is -3.69. The van der Waals surface area contributed by atoms with Crippen LogP contribution in [0.5, 0.6) is 0 Å². The van der Waals surface area contributed by atoms with Gasteiger partial charge in [-0.1, -0.05) is 0 Å². The van der Waals surface area contributed by atoms with Crippen LogP contribution in [0, 0.1) is 0 Å². The largest absolute Gasteiger partial charge is 0.471 e. The summed E-state index contributed by atoms with van der Waals surface area (Å²) < 4.78 is 60.3. The summed E-state index contributed by atoms with van der Waals surface area (Å²) in [4.78, 5) is 72.1. The van der Waals surface area contributed by atoms with Crippen molar-refractivity contribution in [2.75, 3.05) is 6.61 Å². The van der Waals surface area contributed by atoms with E-state index in [1.54, 1.807) is 5.32 Å². The average Bonchev–Trinajstić information content (AvgIpc) is 2.68. The lowest BCUT2D eigenvalue weighted by molar-refractivity contribution is -0.240. The van der Waals surface area contributed by atoms with Gasteiger partial charge in [0.15, 0.2) is 18.4 Å². The number of nitrogens with one attached hydrogen (secondary N) is 2. The molecule has 5 atom stereocenters. The standard InChI is InChI=1S/C18H20F3N3O10/c1-7(25)31-6-10-13(32-8(2)26)14(33-9(3)27)12(23-16(29)18(19,20)21)15(34-10)24-5-4-11(28)22-17(24)30/h4-5,10,12-15H,6H2,1-3H3,(H,23,29)(H,22,28,30)/t10-,12-,13+,14+,15+/m0/s1. The first-order valence-electron chi connectivity index (χ1n) is 9.53. The molecule has 1 fully saturated rings. The van der Waals surface area contributed by atoms with Crippen LogP contribution in [0.25, 0.3) is 0 Å². The van der Waals surface area contributed by atoms with Gasteiger partial charge in [-0.2, -0.15) is 13.2 Å². The van der Waals surface area contributed by atoms with Crippen molar-refractivity contribution in [2.45, 2.75) is 57.5 Å². The molecule has 2 rings (SSSR count). The lowest BCUT2D eigenvalue weighted by atomic mass is 9.94. The van der Waals surface area contributed by atoms with Gasteiger partial charge in [0, 0.05) is 33.0 Å².